The van der Waals surface area contributed by atoms with E-state index in [2.05, 4.69) is 71.1 Å². The van der Waals surface area contributed by atoms with Crippen molar-refractivity contribution in [1.82, 2.24) is 63.4 Å². The van der Waals surface area contributed by atoms with E-state index in [1.165, 1.54) is 84.6 Å². The molecule has 0 aliphatic carbocycles. The van der Waals surface area contributed by atoms with Gasteiger partial charge in [0.15, 0.2) is 0 Å². The molecule has 4 aromatic rings. The zero-order valence-electron chi connectivity index (χ0n) is 63.3. The number of primary amides is 2. The average Bonchev–Trinajstić information content (AvgIpc) is 1.76. The number of thiol groups is 1. The fourth-order valence-corrected chi connectivity index (χ4v) is 12.7. The highest BCUT2D eigenvalue weighted by Crippen LogP contribution is 2.22. The second-order valence-corrected chi connectivity index (χ2v) is 28.7. The van der Waals surface area contributed by atoms with Crippen LogP contribution in [0.25, 0.3) is 0 Å². The molecule has 38 nitrogen and oxygen atoms in total. The minimum Gasteiger partial charge on any atom is -0.508 e. The largest absolute Gasteiger partial charge is 0.508 e. The van der Waals surface area contributed by atoms with Crippen molar-refractivity contribution in [3.05, 3.63) is 125 Å². The van der Waals surface area contributed by atoms with Crippen molar-refractivity contribution in [3.63, 3.8) is 0 Å². The normalized spacial score (nSPS) is 15.5. The average molecular weight is 1640 g/mol. The van der Waals surface area contributed by atoms with Crippen LogP contribution in [0.3, 0.4) is 0 Å². The number of hydrogen-bond acceptors (Lipinski definition) is 24. The van der Waals surface area contributed by atoms with Crippen LogP contribution in [0.2, 0.25) is 0 Å². The second kappa shape index (κ2) is 47.8. The van der Waals surface area contributed by atoms with Gasteiger partial charge in [0.05, 0.1) is 25.1 Å². The van der Waals surface area contributed by atoms with Gasteiger partial charge >= 0.3 is 11.9 Å². The Labute approximate surface area is 671 Å². The molecule has 4 aromatic carbocycles. The van der Waals surface area contributed by atoms with Gasteiger partial charge in [0.2, 0.25) is 82.7 Å². The van der Waals surface area contributed by atoms with Gasteiger partial charge in [0, 0.05) is 50.8 Å². The summed E-state index contributed by atoms with van der Waals surface area (Å²) in [6, 6.07) is 5.71. The molecule has 5 rings (SSSR count). The van der Waals surface area contributed by atoms with Gasteiger partial charge in [-0.15, -0.1) is 0 Å². The summed E-state index contributed by atoms with van der Waals surface area (Å²) in [7, 11) is 0. The van der Waals surface area contributed by atoms with E-state index >= 15 is 0 Å². The smallest absolute Gasteiger partial charge is 0.326 e. The van der Waals surface area contributed by atoms with Gasteiger partial charge in [-0.2, -0.15) is 24.4 Å². The first-order chi connectivity index (χ1) is 54.6. The molecule has 13 atom stereocenters. The third-order valence-electron chi connectivity index (χ3n) is 18.2. The van der Waals surface area contributed by atoms with Crippen LogP contribution in [-0.4, -0.2) is 246 Å². The number of carboxylic acids is 2. The standard InChI is InChI=1S/C75H102N16O22S2/c1-40(92)63(90-67(104)50(26-28-62(99)100)82-68(105)54(35-43-15-21-46(94)22-16-43)87-70(107)53(33-41-9-4-3-5-10-41)86-69(106)52(34-42-13-19-45(93)20-14-42)85-64(101)48(77)25-27-59(78)96)73(110)84-49(11-6-7-30-76)66(103)89-57(39-114)71(108)88-55(37-60(79)97)74(111)91-31-8-12-58(91)72(109)83-51(29-32-115-2)65(102)80-38-61(98)81-56(75(112)113)36-44-17-23-47(95)24-18-44/h3-5,9-10,13-24,40,48-58,63,92-95,114H,6-8,11-12,25-39,76-77H2,1-2H3,(H2,78,96)(H2,79,97)(H,80,102)(H,81,98)(H,82,105)(H,83,109)(H,84,110)(H,85,101)(H,86,106)(H,87,107)(H,88,108)(H,89,103)(H,90,104)(H,99,100)(H,112,113)/t40-,48+,49+,50+,51+,52+,53+,54+,55+,56+,57+,58+,63+/m1/s1. The molecule has 14 amide bonds. The Balaban J connectivity index is 1.33. The maximum atomic E-state index is 14.8. The van der Waals surface area contributed by atoms with Crippen molar-refractivity contribution in [2.24, 2.45) is 22.9 Å². The molecule has 115 heavy (non-hydrogen) atoms. The predicted molar refractivity (Wildman–Crippen MR) is 419 cm³/mol. The van der Waals surface area contributed by atoms with Gasteiger partial charge in [-0.3, -0.25) is 71.9 Å². The van der Waals surface area contributed by atoms with Crippen LogP contribution in [0.1, 0.15) is 99.8 Å². The molecule has 0 aromatic heterocycles. The monoisotopic (exact) mass is 1640 g/mol. The number of carbonyl (C=O) groups is 16. The minimum atomic E-state index is -2.01. The Bertz CT molecular complexity index is 4020. The number of aromatic hydroxyl groups is 3. The number of hydrogen-bond donors (Lipinski definition) is 22. The van der Waals surface area contributed by atoms with E-state index in [1.807, 2.05) is 0 Å². The van der Waals surface area contributed by atoms with Crippen LogP contribution in [0.15, 0.2) is 103 Å². The number of nitrogens with one attached hydrogen (secondary N) is 11. The quantitative estimate of drug-likeness (QED) is 0.0147. The predicted octanol–water partition coefficient (Wildman–Crippen LogP) is -4.36. The molecule has 0 unspecified atom stereocenters. The van der Waals surface area contributed by atoms with E-state index in [-0.39, 0.29) is 101 Å². The Morgan fingerprint density at radius 1 is 0.496 bits per heavy atom. The molecule has 0 bridgehead atoms. The number of carboxylic acid groups (broad SMARTS) is 2. The number of aliphatic hydroxyl groups is 1. The summed E-state index contributed by atoms with van der Waals surface area (Å²) in [5.41, 5.74) is 24.4. The fraction of sp³-hybridized carbons (Fsp3) is 0.467. The lowest BCUT2D eigenvalue weighted by molar-refractivity contribution is -0.143. The highest BCUT2D eigenvalue weighted by molar-refractivity contribution is 7.98. The molecule has 0 radical (unpaired) electrons. The number of phenols is 3. The van der Waals surface area contributed by atoms with Crippen LogP contribution in [0.5, 0.6) is 17.2 Å². The summed E-state index contributed by atoms with van der Waals surface area (Å²) in [4.78, 5) is 219. The lowest BCUT2D eigenvalue weighted by Gasteiger charge is -2.30. The number of phenolic OH excluding ortho intramolecular Hbond substituents is 3. The number of rotatable bonds is 49. The molecule has 0 saturated carbocycles. The first-order valence-electron chi connectivity index (χ1n) is 36.8. The summed E-state index contributed by atoms with van der Waals surface area (Å²) >= 11 is 5.57. The number of carbonyl (C=O) groups excluding carboxylic acids is 14. The Kier molecular flexibility index (Phi) is 39.1. The number of nitrogens with zero attached hydrogens (tertiary/aromatic N) is 1. The number of amides is 14. The molecule has 1 aliphatic heterocycles. The third kappa shape index (κ3) is 32.4. The number of likely N-dealkylation sites (tertiary alicyclic amines) is 1. The van der Waals surface area contributed by atoms with E-state index in [4.69, 9.17) is 22.9 Å². The van der Waals surface area contributed by atoms with Gasteiger partial charge in [0.1, 0.15) is 83.7 Å². The number of nitrogens with two attached hydrogens (primary N) is 4. The van der Waals surface area contributed by atoms with Crippen molar-refractivity contribution in [3.8, 4) is 17.2 Å². The molecule has 25 N–H and O–H groups in total. The van der Waals surface area contributed by atoms with Crippen LogP contribution in [0, 0.1) is 0 Å². The van der Waals surface area contributed by atoms with Crippen LogP contribution >= 0.6 is 24.4 Å². The maximum absolute atomic E-state index is 14.8. The lowest BCUT2D eigenvalue weighted by atomic mass is 10.00. The zero-order valence-corrected chi connectivity index (χ0v) is 65.0. The lowest BCUT2D eigenvalue weighted by Crippen LogP contribution is -2.62. The molecule has 1 saturated heterocycles. The van der Waals surface area contributed by atoms with Gasteiger partial charge in [0.25, 0.3) is 0 Å². The highest BCUT2D eigenvalue weighted by atomic mass is 32.2. The molecule has 40 heteroatoms. The summed E-state index contributed by atoms with van der Waals surface area (Å²) in [6.45, 7) is 0.369. The zero-order chi connectivity index (χ0) is 85.0. The second-order valence-electron chi connectivity index (χ2n) is 27.3. The van der Waals surface area contributed by atoms with Crippen LogP contribution in [0.4, 0.5) is 0 Å². The van der Waals surface area contributed by atoms with E-state index in [0.717, 1.165) is 11.8 Å². The third-order valence-corrected chi connectivity index (χ3v) is 19.3. The van der Waals surface area contributed by atoms with Crippen molar-refractivity contribution < 1.29 is 107 Å². The van der Waals surface area contributed by atoms with Crippen LogP contribution in [-0.2, 0) is 102 Å². The van der Waals surface area contributed by atoms with Gasteiger partial charge in [-0.1, -0.05) is 66.7 Å². The van der Waals surface area contributed by atoms with E-state index in [1.54, 1.807) is 36.6 Å². The van der Waals surface area contributed by atoms with Crippen molar-refractivity contribution in [1.29, 1.82) is 0 Å². The van der Waals surface area contributed by atoms with Crippen molar-refractivity contribution in [2.45, 2.75) is 182 Å². The van der Waals surface area contributed by atoms with E-state index < -0.39 is 211 Å². The number of aliphatic carboxylic acids is 2. The molecule has 1 heterocycles. The van der Waals surface area contributed by atoms with Gasteiger partial charge < -0.3 is 117 Å². The first-order valence-corrected chi connectivity index (χ1v) is 38.9. The van der Waals surface area contributed by atoms with E-state index in [9.17, 15) is 107 Å². The SMILES string of the molecule is CSCC[C@H](NC(=O)[C@@H]1CCCN1C(=O)[C@H](CC(N)=O)NC(=O)[C@H](CS)NC(=O)[C@H](CCCCN)NC(=O)[C@@H](NC(=O)[C@H](CCC(=O)O)NC(=O)[C@H](Cc1ccc(O)cc1)NC(=O)[C@H](Cc1ccccc1)NC(=O)[C@H](Cc1ccc(O)cc1)NC(=O)[C@@H](N)CCC(N)=O)[C@@H](C)O)C(=O)NCC(=O)N[C@@H](Cc1ccc(O)cc1)C(=O)O. The molecule has 1 aliphatic rings. The fourth-order valence-electron chi connectivity index (χ4n) is 12.0. The molecular formula is C75H102N16O22S2. The molecule has 0 spiro atoms. The number of unbranched alkanes of at least 4 members (excludes halogenated alkanes) is 1. The molecule has 1 fully saturated rings. The molecule has 626 valence electrons. The summed E-state index contributed by atoms with van der Waals surface area (Å²) in [6.07, 6.45) is -3.48. The first kappa shape index (κ1) is 94.0. The minimum absolute atomic E-state index is 0.0228. The Morgan fingerprint density at radius 3 is 1.42 bits per heavy atom. The Hall–Kier alpha value is -11.6. The topological polar surface area (TPSA) is 634 Å². The summed E-state index contributed by atoms with van der Waals surface area (Å²) in [5, 5.41) is 87.7. The summed E-state index contributed by atoms with van der Waals surface area (Å²) < 4.78 is 0. The number of benzene rings is 4. The van der Waals surface area contributed by atoms with Crippen LogP contribution < -0.4 is 81.4 Å². The van der Waals surface area contributed by atoms with E-state index in [0.29, 0.717) is 28.0 Å². The van der Waals surface area contributed by atoms with Gasteiger partial charge in [-0.05, 0) is 135 Å². The Morgan fingerprint density at radius 2 is 0.939 bits per heavy atom. The number of thioether (sulfide) groups is 1. The summed E-state index contributed by atoms with van der Waals surface area (Å²) in [5.74, 6) is -17.4. The number of aliphatic hydroxyl groups excluding tert-OH is 1. The van der Waals surface area contributed by atoms with Crippen molar-refractivity contribution >= 4 is 119 Å². The van der Waals surface area contributed by atoms with Gasteiger partial charge in [-0.25, -0.2) is 4.79 Å². The molecular weight excluding hydrogens is 1540 g/mol. The highest BCUT2D eigenvalue weighted by Gasteiger charge is 2.42. The maximum Gasteiger partial charge on any atom is 0.326 e. The van der Waals surface area contributed by atoms with Crippen molar-refractivity contribution in [2.75, 3.05) is 37.4 Å².